The van der Waals surface area contributed by atoms with Gasteiger partial charge in [-0.1, -0.05) is 18.2 Å². The number of pyridine rings is 1. The van der Waals surface area contributed by atoms with Crippen molar-refractivity contribution < 1.29 is 0 Å². The molecule has 3 nitrogen and oxygen atoms in total. The van der Waals surface area contributed by atoms with Gasteiger partial charge in [-0.15, -0.1) is 24.8 Å². The second kappa shape index (κ2) is 9.19. The van der Waals surface area contributed by atoms with Crippen molar-refractivity contribution in [1.82, 2.24) is 4.98 Å². The molecule has 0 fully saturated rings. The average Bonchev–Trinajstić information content (AvgIpc) is 2.50. The maximum atomic E-state index is 5.57. The second-order valence-corrected chi connectivity index (χ2v) is 5.56. The number of hydrogen-bond donors (Lipinski definition) is 2. The smallest absolute Gasteiger partial charge is 0.0726 e. The highest BCUT2D eigenvalue weighted by atomic mass is 35.5. The quantitative estimate of drug-likeness (QED) is 0.804. The molecule has 0 saturated heterocycles. The number of benzene rings is 1. The van der Waals surface area contributed by atoms with Crippen molar-refractivity contribution in [3.63, 3.8) is 0 Å². The van der Waals surface area contributed by atoms with E-state index in [4.69, 9.17) is 10.7 Å². The monoisotopic (exact) mass is 341 g/mol. The van der Waals surface area contributed by atoms with Crippen molar-refractivity contribution in [1.29, 1.82) is 0 Å². The van der Waals surface area contributed by atoms with Gasteiger partial charge in [-0.05, 0) is 56.7 Å². The molecule has 0 spiro atoms. The number of anilines is 1. The molecule has 0 aliphatic heterocycles. The third-order valence-electron chi connectivity index (χ3n) is 4.10. The third kappa shape index (κ3) is 4.03. The Morgan fingerprint density at radius 1 is 1.05 bits per heavy atom. The van der Waals surface area contributed by atoms with E-state index in [0.29, 0.717) is 0 Å². The average molecular weight is 342 g/mol. The zero-order valence-corrected chi connectivity index (χ0v) is 14.4. The van der Waals surface area contributed by atoms with Crippen LogP contribution in [0.5, 0.6) is 0 Å². The summed E-state index contributed by atoms with van der Waals surface area (Å²) in [5, 5.41) is 4.92. The van der Waals surface area contributed by atoms with E-state index in [9.17, 15) is 0 Å². The van der Waals surface area contributed by atoms with Crippen molar-refractivity contribution in [3.05, 3.63) is 35.5 Å². The summed E-state index contributed by atoms with van der Waals surface area (Å²) in [5.74, 6) is 0. The van der Waals surface area contributed by atoms with Gasteiger partial charge in [0.05, 0.1) is 5.52 Å². The predicted octanol–water partition coefficient (Wildman–Crippen LogP) is 4.11. The van der Waals surface area contributed by atoms with Crippen LogP contribution in [0.25, 0.3) is 10.9 Å². The van der Waals surface area contributed by atoms with Crippen LogP contribution in [0.15, 0.2) is 24.3 Å². The summed E-state index contributed by atoms with van der Waals surface area (Å²) in [6, 6.07) is 8.48. The highest BCUT2D eigenvalue weighted by molar-refractivity contribution is 5.93. The number of halogens is 2. The lowest BCUT2D eigenvalue weighted by Crippen LogP contribution is -2.13. The summed E-state index contributed by atoms with van der Waals surface area (Å²) in [7, 11) is 0. The van der Waals surface area contributed by atoms with Gasteiger partial charge in [-0.25, -0.2) is 0 Å². The molecule has 1 aromatic heterocycles. The Balaban J connectivity index is 0.00000121. The maximum absolute atomic E-state index is 5.57. The molecule has 22 heavy (non-hydrogen) atoms. The van der Waals surface area contributed by atoms with Crippen LogP contribution in [0.4, 0.5) is 5.69 Å². The van der Waals surface area contributed by atoms with E-state index in [1.807, 2.05) is 0 Å². The van der Waals surface area contributed by atoms with Crippen LogP contribution >= 0.6 is 24.8 Å². The summed E-state index contributed by atoms with van der Waals surface area (Å²) in [6.45, 7) is 1.77. The van der Waals surface area contributed by atoms with Gasteiger partial charge >= 0.3 is 0 Å². The van der Waals surface area contributed by atoms with Crippen LogP contribution in [-0.2, 0) is 12.8 Å². The Labute approximate surface area is 144 Å². The van der Waals surface area contributed by atoms with E-state index in [1.165, 1.54) is 35.2 Å². The fraction of sp³-hybridized carbons (Fsp3) is 0.471. The van der Waals surface area contributed by atoms with Gasteiger partial charge in [0.2, 0.25) is 0 Å². The molecule has 3 N–H and O–H groups in total. The molecule has 1 aliphatic carbocycles. The van der Waals surface area contributed by atoms with Crippen LogP contribution in [0.1, 0.15) is 36.9 Å². The number of para-hydroxylation sites is 1. The van der Waals surface area contributed by atoms with E-state index >= 15 is 0 Å². The lowest BCUT2D eigenvalue weighted by atomic mass is 9.92. The summed E-state index contributed by atoms with van der Waals surface area (Å²) in [4.78, 5) is 4.86. The summed E-state index contributed by atoms with van der Waals surface area (Å²) in [6.07, 6.45) is 7.04. The van der Waals surface area contributed by atoms with Gasteiger partial charge in [-0.2, -0.15) is 0 Å². The van der Waals surface area contributed by atoms with Crippen LogP contribution < -0.4 is 11.1 Å². The molecule has 0 atom stereocenters. The third-order valence-corrected chi connectivity index (χ3v) is 4.10. The molecular weight excluding hydrogens is 317 g/mol. The second-order valence-electron chi connectivity index (χ2n) is 5.56. The van der Waals surface area contributed by atoms with Crippen molar-refractivity contribution in [2.75, 3.05) is 18.4 Å². The van der Waals surface area contributed by atoms with E-state index in [1.54, 1.807) is 0 Å². The standard InChI is InChI=1S/C17H23N3.2ClH/c18-11-5-6-12-19-17-13-7-1-3-9-15(13)20-16-10-4-2-8-14(16)17;;/h1,3,7,9H,2,4-6,8,10-12,18H2,(H,19,20);2*1H. The van der Waals surface area contributed by atoms with E-state index < -0.39 is 0 Å². The molecule has 3 rings (SSSR count). The SMILES string of the molecule is Cl.Cl.NCCCCNc1c2c(nc3ccccc13)CCCC2. The minimum Gasteiger partial charge on any atom is -0.384 e. The summed E-state index contributed by atoms with van der Waals surface area (Å²) in [5.41, 5.74) is 10.8. The number of nitrogens with one attached hydrogen (secondary N) is 1. The van der Waals surface area contributed by atoms with Crippen LogP contribution in [-0.4, -0.2) is 18.1 Å². The number of unbranched alkanes of at least 4 members (excludes halogenated alkanes) is 1. The molecular formula is C17H25Cl2N3. The Hall–Kier alpha value is -1.03. The molecule has 5 heteroatoms. The topological polar surface area (TPSA) is 50.9 Å². The lowest BCUT2D eigenvalue weighted by molar-refractivity contribution is 0.671. The van der Waals surface area contributed by atoms with E-state index in [-0.39, 0.29) is 24.8 Å². The number of aryl methyl sites for hydroxylation is 1. The molecule has 0 radical (unpaired) electrons. The Bertz CT molecular complexity index is 602. The van der Waals surface area contributed by atoms with Gasteiger partial charge in [0, 0.05) is 23.3 Å². The molecule has 0 amide bonds. The van der Waals surface area contributed by atoms with Gasteiger partial charge in [0.15, 0.2) is 0 Å². The fourth-order valence-electron chi connectivity index (χ4n) is 3.06. The van der Waals surface area contributed by atoms with Crippen LogP contribution in [0.2, 0.25) is 0 Å². The van der Waals surface area contributed by atoms with Crippen molar-refractivity contribution in [2.45, 2.75) is 38.5 Å². The van der Waals surface area contributed by atoms with Crippen molar-refractivity contribution in [3.8, 4) is 0 Å². The number of aromatic nitrogens is 1. The number of nitrogens with two attached hydrogens (primary N) is 1. The number of nitrogens with zero attached hydrogens (tertiary/aromatic N) is 1. The molecule has 1 aromatic carbocycles. The Morgan fingerprint density at radius 3 is 2.64 bits per heavy atom. The zero-order chi connectivity index (χ0) is 13.8. The van der Waals surface area contributed by atoms with E-state index in [0.717, 1.165) is 44.3 Å². The van der Waals surface area contributed by atoms with Crippen LogP contribution in [0.3, 0.4) is 0 Å². The lowest BCUT2D eigenvalue weighted by Gasteiger charge is -2.21. The van der Waals surface area contributed by atoms with Gasteiger partial charge in [-0.3, -0.25) is 4.98 Å². The predicted molar refractivity (Wildman–Crippen MR) is 99.7 cm³/mol. The van der Waals surface area contributed by atoms with Crippen molar-refractivity contribution in [2.24, 2.45) is 5.73 Å². The van der Waals surface area contributed by atoms with E-state index in [2.05, 4.69) is 29.6 Å². The molecule has 1 aliphatic rings. The number of fused-ring (bicyclic) bond motifs is 2. The highest BCUT2D eigenvalue weighted by Gasteiger charge is 2.17. The van der Waals surface area contributed by atoms with Gasteiger partial charge in [0.1, 0.15) is 0 Å². The highest BCUT2D eigenvalue weighted by Crippen LogP contribution is 2.33. The first-order valence-corrected chi connectivity index (χ1v) is 7.74. The molecule has 2 aromatic rings. The summed E-state index contributed by atoms with van der Waals surface area (Å²) < 4.78 is 0. The first-order chi connectivity index (χ1) is 9.90. The minimum absolute atomic E-state index is 0. The minimum atomic E-state index is 0. The first kappa shape index (κ1) is 19.0. The van der Waals surface area contributed by atoms with Gasteiger partial charge < -0.3 is 11.1 Å². The molecule has 0 saturated carbocycles. The summed E-state index contributed by atoms with van der Waals surface area (Å²) >= 11 is 0. The largest absolute Gasteiger partial charge is 0.384 e. The maximum Gasteiger partial charge on any atom is 0.0726 e. The first-order valence-electron chi connectivity index (χ1n) is 7.74. The molecule has 0 bridgehead atoms. The molecule has 0 unspecified atom stereocenters. The molecule has 122 valence electrons. The molecule has 1 heterocycles. The zero-order valence-electron chi connectivity index (χ0n) is 12.8. The normalized spacial score (nSPS) is 13.0. The Morgan fingerprint density at radius 2 is 1.82 bits per heavy atom. The number of rotatable bonds is 5. The van der Waals surface area contributed by atoms with Gasteiger partial charge in [0.25, 0.3) is 0 Å². The van der Waals surface area contributed by atoms with Crippen molar-refractivity contribution >= 4 is 41.4 Å². The van der Waals surface area contributed by atoms with Crippen LogP contribution in [0, 0.1) is 0 Å². The fourth-order valence-corrected chi connectivity index (χ4v) is 3.06. The number of hydrogen-bond acceptors (Lipinski definition) is 3. The Kier molecular flexibility index (Phi) is 7.94.